The number of hydrogen-bond acceptors (Lipinski definition) is 7. The minimum atomic E-state index is -0.274. The molecule has 0 aliphatic carbocycles. The maximum Gasteiger partial charge on any atom is 0.276 e. The average molecular weight is 500 g/mol. The number of benzene rings is 1. The zero-order valence-electron chi connectivity index (χ0n) is 21.4. The predicted octanol–water partition coefficient (Wildman–Crippen LogP) is 4.74. The largest absolute Gasteiger partial charge is 0.378 e. The van der Waals surface area contributed by atoms with Crippen LogP contribution in [0.4, 0.5) is 17.2 Å². The van der Waals surface area contributed by atoms with Crippen LogP contribution in [-0.2, 0) is 4.74 Å². The number of carbonyl (C=O) groups excluding carboxylic acids is 1. The van der Waals surface area contributed by atoms with E-state index in [1.54, 1.807) is 6.20 Å². The van der Waals surface area contributed by atoms with Gasteiger partial charge in [-0.05, 0) is 48.7 Å². The molecule has 9 nitrogen and oxygen atoms in total. The molecule has 0 bridgehead atoms. The lowest BCUT2D eigenvalue weighted by molar-refractivity contribution is 0.102. The first-order chi connectivity index (χ1) is 18.2. The van der Waals surface area contributed by atoms with E-state index in [4.69, 9.17) is 4.74 Å². The summed E-state index contributed by atoms with van der Waals surface area (Å²) in [5.74, 6) is 0.674. The van der Waals surface area contributed by atoms with Crippen LogP contribution in [0.2, 0.25) is 0 Å². The Morgan fingerprint density at radius 2 is 1.73 bits per heavy atom. The van der Waals surface area contributed by atoms with E-state index in [-0.39, 0.29) is 5.91 Å². The van der Waals surface area contributed by atoms with Crippen molar-refractivity contribution in [2.75, 3.05) is 54.5 Å². The van der Waals surface area contributed by atoms with E-state index in [2.05, 4.69) is 41.3 Å². The van der Waals surface area contributed by atoms with Gasteiger partial charge in [-0.3, -0.25) is 14.9 Å². The molecule has 2 fully saturated rings. The molecule has 2 aliphatic rings. The van der Waals surface area contributed by atoms with Crippen LogP contribution in [0, 0.1) is 0 Å². The molecule has 3 aromatic heterocycles. The average Bonchev–Trinajstić information content (AvgIpc) is 3.66. The van der Waals surface area contributed by atoms with Gasteiger partial charge in [-0.2, -0.15) is 5.10 Å². The second-order valence-corrected chi connectivity index (χ2v) is 8.92. The third kappa shape index (κ3) is 5.41. The van der Waals surface area contributed by atoms with E-state index in [0.717, 1.165) is 72.9 Å². The molecule has 37 heavy (non-hydrogen) atoms. The van der Waals surface area contributed by atoms with E-state index in [0.29, 0.717) is 11.4 Å². The summed E-state index contributed by atoms with van der Waals surface area (Å²) in [5, 5.41) is 11.0. The van der Waals surface area contributed by atoms with Crippen molar-refractivity contribution in [2.45, 2.75) is 26.7 Å². The highest BCUT2D eigenvalue weighted by Crippen LogP contribution is 2.28. The maximum absolute atomic E-state index is 13.1. The number of nitrogens with zero attached hydrogens (tertiary/aromatic N) is 5. The number of anilines is 3. The number of aromatic nitrogens is 4. The molecule has 4 aromatic rings. The number of morpholine rings is 1. The quantitative estimate of drug-likeness (QED) is 0.409. The Kier molecular flexibility index (Phi) is 7.60. The van der Waals surface area contributed by atoms with Crippen LogP contribution in [0.25, 0.3) is 22.0 Å². The van der Waals surface area contributed by atoms with Crippen LogP contribution in [0.3, 0.4) is 0 Å². The van der Waals surface area contributed by atoms with Gasteiger partial charge in [0.05, 0.1) is 42.5 Å². The van der Waals surface area contributed by atoms with E-state index in [1.165, 1.54) is 12.8 Å². The van der Waals surface area contributed by atoms with Crippen molar-refractivity contribution >= 4 is 34.0 Å². The second-order valence-electron chi connectivity index (χ2n) is 8.92. The molecule has 0 radical (unpaired) electrons. The van der Waals surface area contributed by atoms with Crippen molar-refractivity contribution in [3.05, 3.63) is 60.7 Å². The topological polar surface area (TPSA) is 99.3 Å². The summed E-state index contributed by atoms with van der Waals surface area (Å²) < 4.78 is 5.47. The Morgan fingerprint density at radius 3 is 2.49 bits per heavy atom. The number of aromatic amines is 1. The first kappa shape index (κ1) is 24.7. The summed E-state index contributed by atoms with van der Waals surface area (Å²) in [4.78, 5) is 26.6. The van der Waals surface area contributed by atoms with E-state index >= 15 is 0 Å². The van der Waals surface area contributed by atoms with Crippen molar-refractivity contribution in [1.82, 2.24) is 20.2 Å². The van der Waals surface area contributed by atoms with Gasteiger partial charge in [-0.1, -0.05) is 19.9 Å². The summed E-state index contributed by atoms with van der Waals surface area (Å²) in [6.07, 6.45) is 7.82. The zero-order chi connectivity index (χ0) is 25.6. The van der Waals surface area contributed by atoms with Crippen LogP contribution in [-0.4, -0.2) is 65.5 Å². The fourth-order valence-electron chi connectivity index (χ4n) is 4.73. The SMILES string of the molecule is CC.O=C(Nc1ccc(N2CCCC2)nc1)c1n[nH]c2ccc(-c3cncc(N4CCOCC4)c3)cc12. The number of pyridine rings is 2. The summed E-state index contributed by atoms with van der Waals surface area (Å²) in [6, 6.07) is 11.9. The monoisotopic (exact) mass is 499 g/mol. The second kappa shape index (κ2) is 11.4. The molecule has 2 N–H and O–H groups in total. The van der Waals surface area contributed by atoms with Crippen molar-refractivity contribution in [2.24, 2.45) is 0 Å². The first-order valence-electron chi connectivity index (χ1n) is 13.0. The lowest BCUT2D eigenvalue weighted by atomic mass is 10.0. The molecule has 192 valence electrons. The van der Waals surface area contributed by atoms with Gasteiger partial charge in [0, 0.05) is 43.3 Å². The van der Waals surface area contributed by atoms with Crippen LogP contribution >= 0.6 is 0 Å². The Bertz CT molecular complexity index is 1340. The predicted molar refractivity (Wildman–Crippen MR) is 147 cm³/mol. The zero-order valence-corrected chi connectivity index (χ0v) is 21.4. The third-order valence-corrected chi connectivity index (χ3v) is 6.65. The molecule has 0 saturated carbocycles. The molecule has 2 saturated heterocycles. The number of carbonyl (C=O) groups is 1. The number of nitrogens with one attached hydrogen (secondary N) is 2. The molecular formula is C28H33N7O2. The van der Waals surface area contributed by atoms with Gasteiger partial charge >= 0.3 is 0 Å². The molecule has 5 heterocycles. The number of fused-ring (bicyclic) bond motifs is 1. The van der Waals surface area contributed by atoms with Crippen molar-refractivity contribution in [3.8, 4) is 11.1 Å². The van der Waals surface area contributed by atoms with Crippen molar-refractivity contribution in [3.63, 3.8) is 0 Å². The van der Waals surface area contributed by atoms with Crippen LogP contribution < -0.4 is 15.1 Å². The van der Waals surface area contributed by atoms with Crippen LogP contribution in [0.1, 0.15) is 37.2 Å². The van der Waals surface area contributed by atoms with Crippen molar-refractivity contribution in [1.29, 1.82) is 0 Å². The number of H-pyrrole nitrogens is 1. The fourth-order valence-corrected chi connectivity index (χ4v) is 4.73. The van der Waals surface area contributed by atoms with Gasteiger partial charge in [0.15, 0.2) is 5.69 Å². The smallest absolute Gasteiger partial charge is 0.276 e. The summed E-state index contributed by atoms with van der Waals surface area (Å²) >= 11 is 0. The minimum absolute atomic E-state index is 0.274. The summed E-state index contributed by atoms with van der Waals surface area (Å²) in [7, 11) is 0. The Morgan fingerprint density at radius 1 is 0.919 bits per heavy atom. The summed E-state index contributed by atoms with van der Waals surface area (Å²) in [6.45, 7) is 9.21. The van der Waals surface area contributed by atoms with E-state index in [1.807, 2.05) is 56.6 Å². The number of amides is 1. The normalized spacial score (nSPS) is 15.4. The molecule has 9 heteroatoms. The first-order valence-corrected chi connectivity index (χ1v) is 13.0. The van der Waals surface area contributed by atoms with E-state index in [9.17, 15) is 4.79 Å². The van der Waals surface area contributed by atoms with Crippen LogP contribution in [0.5, 0.6) is 0 Å². The standard InChI is InChI=1S/C26H27N7O2.C2H6/c34-26(29-20-4-6-24(28-16-20)33-7-1-2-8-33)25-22-14-18(3-5-23(22)30-31-25)19-13-21(17-27-15-19)32-9-11-35-12-10-32;1-2/h3-6,13-17H,1-2,7-12H2,(H,29,34)(H,30,31);1-2H3. The molecular weight excluding hydrogens is 466 g/mol. The summed E-state index contributed by atoms with van der Waals surface area (Å²) in [5.41, 5.74) is 4.84. The van der Waals surface area contributed by atoms with Gasteiger partial charge in [0.2, 0.25) is 0 Å². The van der Waals surface area contributed by atoms with Gasteiger partial charge in [0.1, 0.15) is 5.82 Å². The lowest BCUT2D eigenvalue weighted by Gasteiger charge is -2.28. The molecule has 0 spiro atoms. The maximum atomic E-state index is 13.1. The Labute approximate surface area is 216 Å². The minimum Gasteiger partial charge on any atom is -0.378 e. The molecule has 1 aromatic carbocycles. The highest BCUT2D eigenvalue weighted by molar-refractivity contribution is 6.11. The van der Waals surface area contributed by atoms with E-state index < -0.39 is 0 Å². The number of ether oxygens (including phenoxy) is 1. The molecule has 0 unspecified atom stereocenters. The molecule has 1 amide bonds. The van der Waals surface area contributed by atoms with Gasteiger partial charge in [-0.15, -0.1) is 0 Å². The number of rotatable bonds is 5. The fraction of sp³-hybridized carbons (Fsp3) is 0.357. The molecule has 6 rings (SSSR count). The lowest BCUT2D eigenvalue weighted by Crippen LogP contribution is -2.36. The Balaban J connectivity index is 0.00000137. The Hall–Kier alpha value is -3.98. The van der Waals surface area contributed by atoms with Gasteiger partial charge < -0.3 is 19.9 Å². The van der Waals surface area contributed by atoms with Crippen LogP contribution in [0.15, 0.2) is 55.0 Å². The van der Waals surface area contributed by atoms with Crippen molar-refractivity contribution < 1.29 is 9.53 Å². The molecule has 2 aliphatic heterocycles. The number of hydrogen-bond donors (Lipinski definition) is 2. The third-order valence-electron chi connectivity index (χ3n) is 6.65. The highest BCUT2D eigenvalue weighted by atomic mass is 16.5. The molecule has 0 atom stereocenters. The highest BCUT2D eigenvalue weighted by Gasteiger charge is 2.18. The van der Waals surface area contributed by atoms with Gasteiger partial charge in [0.25, 0.3) is 5.91 Å². The van der Waals surface area contributed by atoms with Gasteiger partial charge in [-0.25, -0.2) is 4.98 Å².